The molecule has 126 valence electrons. The van der Waals surface area contributed by atoms with E-state index in [2.05, 4.69) is 11.1 Å². The third kappa shape index (κ3) is 4.30. The lowest BCUT2D eigenvalue weighted by molar-refractivity contribution is 0.387. The van der Waals surface area contributed by atoms with Crippen LogP contribution in [0.25, 0.3) is 6.08 Å². The van der Waals surface area contributed by atoms with Crippen LogP contribution in [-0.4, -0.2) is 30.8 Å². The Morgan fingerprint density at radius 1 is 1.04 bits per heavy atom. The van der Waals surface area contributed by atoms with E-state index in [1.165, 1.54) is 5.57 Å². The first kappa shape index (κ1) is 16.9. The van der Waals surface area contributed by atoms with E-state index in [0.717, 1.165) is 29.8 Å². The molecule has 1 aliphatic rings. The Morgan fingerprint density at radius 3 is 2.42 bits per heavy atom. The molecule has 4 nitrogen and oxygen atoms in total. The van der Waals surface area contributed by atoms with Crippen LogP contribution in [0, 0.1) is 6.92 Å². The van der Waals surface area contributed by atoms with Gasteiger partial charge in [-0.05, 0) is 43.5 Å². The topological polar surface area (TPSA) is 50.3 Å². The van der Waals surface area contributed by atoms with Crippen molar-refractivity contribution in [2.24, 2.45) is 0 Å². The zero-order valence-electron chi connectivity index (χ0n) is 13.9. The molecule has 1 saturated heterocycles. The minimum absolute atomic E-state index is 0.0757. The molecule has 0 radical (unpaired) electrons. The van der Waals surface area contributed by atoms with Crippen LogP contribution < -0.4 is 0 Å². The SMILES string of the molecule is Cc1cccc(C=C2CCN(S(=O)(=O)Cc3ccccc3)CC2)n1. The van der Waals surface area contributed by atoms with Gasteiger partial charge in [0, 0.05) is 18.8 Å². The lowest BCUT2D eigenvalue weighted by Gasteiger charge is -2.27. The molecule has 1 aromatic heterocycles. The van der Waals surface area contributed by atoms with Crippen LogP contribution in [0.4, 0.5) is 0 Å². The van der Waals surface area contributed by atoms with Gasteiger partial charge in [-0.15, -0.1) is 0 Å². The highest BCUT2D eigenvalue weighted by Crippen LogP contribution is 2.22. The fourth-order valence-corrected chi connectivity index (χ4v) is 4.46. The molecule has 0 spiro atoms. The number of piperidine rings is 1. The van der Waals surface area contributed by atoms with Crippen molar-refractivity contribution in [3.63, 3.8) is 0 Å². The lowest BCUT2D eigenvalue weighted by Crippen LogP contribution is -2.37. The van der Waals surface area contributed by atoms with Crippen molar-refractivity contribution >= 4 is 16.1 Å². The fraction of sp³-hybridized carbons (Fsp3) is 0.316. The highest BCUT2D eigenvalue weighted by Gasteiger charge is 2.25. The standard InChI is InChI=1S/C19H22N2O2S/c1-16-6-5-9-19(20-16)14-17-10-12-21(13-11-17)24(22,23)15-18-7-3-2-4-8-18/h2-9,14H,10-13,15H2,1H3. The first-order valence-corrected chi connectivity index (χ1v) is 9.79. The molecule has 1 fully saturated rings. The first-order valence-electron chi connectivity index (χ1n) is 8.18. The maximum atomic E-state index is 12.6. The van der Waals surface area contributed by atoms with Crippen LogP contribution in [-0.2, 0) is 15.8 Å². The molecule has 0 atom stereocenters. The predicted molar refractivity (Wildman–Crippen MR) is 96.8 cm³/mol. The van der Waals surface area contributed by atoms with E-state index in [1.54, 1.807) is 4.31 Å². The summed E-state index contributed by atoms with van der Waals surface area (Å²) < 4.78 is 26.7. The summed E-state index contributed by atoms with van der Waals surface area (Å²) in [5.41, 5.74) is 4.04. The molecule has 0 saturated carbocycles. The van der Waals surface area contributed by atoms with Crippen molar-refractivity contribution < 1.29 is 8.42 Å². The molecule has 0 bridgehead atoms. The second-order valence-electron chi connectivity index (χ2n) is 6.15. The summed E-state index contributed by atoms with van der Waals surface area (Å²) >= 11 is 0. The normalized spacial score (nSPS) is 16.1. The first-order chi connectivity index (χ1) is 11.5. The summed E-state index contributed by atoms with van der Waals surface area (Å²) in [6.45, 7) is 3.07. The maximum absolute atomic E-state index is 12.6. The Balaban J connectivity index is 1.64. The fourth-order valence-electron chi connectivity index (χ4n) is 2.93. The Labute approximate surface area is 143 Å². The Morgan fingerprint density at radius 2 is 1.75 bits per heavy atom. The van der Waals surface area contributed by atoms with Gasteiger partial charge in [0.2, 0.25) is 10.0 Å². The number of aromatic nitrogens is 1. The molecule has 0 N–H and O–H groups in total. The van der Waals surface area contributed by atoms with Gasteiger partial charge < -0.3 is 0 Å². The van der Waals surface area contributed by atoms with E-state index in [9.17, 15) is 8.42 Å². The van der Waals surface area contributed by atoms with Crippen LogP contribution in [0.3, 0.4) is 0 Å². The van der Waals surface area contributed by atoms with E-state index in [0.29, 0.717) is 13.1 Å². The summed E-state index contributed by atoms with van der Waals surface area (Å²) in [6, 6.07) is 15.3. The number of nitrogens with zero attached hydrogens (tertiary/aromatic N) is 2. The summed E-state index contributed by atoms with van der Waals surface area (Å²) in [5, 5.41) is 0. The third-order valence-corrected chi connectivity index (χ3v) is 6.06. The highest BCUT2D eigenvalue weighted by atomic mass is 32.2. The van der Waals surface area contributed by atoms with E-state index in [-0.39, 0.29) is 5.75 Å². The van der Waals surface area contributed by atoms with Crippen molar-refractivity contribution in [2.45, 2.75) is 25.5 Å². The number of pyridine rings is 1. The van der Waals surface area contributed by atoms with E-state index in [4.69, 9.17) is 0 Å². The molecule has 5 heteroatoms. The second-order valence-corrected chi connectivity index (χ2v) is 8.12. The Hall–Kier alpha value is -1.98. The van der Waals surface area contributed by atoms with Gasteiger partial charge in [-0.25, -0.2) is 12.7 Å². The van der Waals surface area contributed by atoms with Gasteiger partial charge in [-0.2, -0.15) is 0 Å². The number of aryl methyl sites for hydroxylation is 1. The van der Waals surface area contributed by atoms with E-state index in [1.807, 2.05) is 55.5 Å². The molecule has 2 aromatic rings. The minimum Gasteiger partial charge on any atom is -0.254 e. The summed E-state index contributed by atoms with van der Waals surface area (Å²) in [7, 11) is -3.25. The Kier molecular flexibility index (Phi) is 5.11. The van der Waals surface area contributed by atoms with Crippen molar-refractivity contribution in [1.29, 1.82) is 0 Å². The van der Waals surface area contributed by atoms with Crippen LogP contribution >= 0.6 is 0 Å². The van der Waals surface area contributed by atoms with Crippen molar-refractivity contribution in [3.05, 3.63) is 71.1 Å². The maximum Gasteiger partial charge on any atom is 0.218 e. The highest BCUT2D eigenvalue weighted by molar-refractivity contribution is 7.88. The number of rotatable bonds is 4. The monoisotopic (exact) mass is 342 g/mol. The lowest BCUT2D eigenvalue weighted by atomic mass is 10.0. The molecular weight excluding hydrogens is 320 g/mol. The van der Waals surface area contributed by atoms with E-state index >= 15 is 0 Å². The Bertz CT molecular complexity index is 819. The van der Waals surface area contributed by atoms with Crippen LogP contribution in [0.5, 0.6) is 0 Å². The number of hydrogen-bond donors (Lipinski definition) is 0. The molecular formula is C19H22N2O2S. The van der Waals surface area contributed by atoms with Crippen molar-refractivity contribution in [2.75, 3.05) is 13.1 Å². The summed E-state index contributed by atoms with van der Waals surface area (Å²) in [6.07, 6.45) is 3.63. The average molecular weight is 342 g/mol. The van der Waals surface area contributed by atoms with Gasteiger partial charge in [0.15, 0.2) is 0 Å². The van der Waals surface area contributed by atoms with Gasteiger partial charge in [0.05, 0.1) is 11.4 Å². The predicted octanol–water partition coefficient (Wildman–Crippen LogP) is 3.40. The van der Waals surface area contributed by atoms with Crippen LogP contribution in [0.2, 0.25) is 0 Å². The molecule has 0 unspecified atom stereocenters. The third-order valence-electron chi connectivity index (χ3n) is 4.21. The quantitative estimate of drug-likeness (QED) is 0.856. The minimum atomic E-state index is -3.25. The van der Waals surface area contributed by atoms with Crippen molar-refractivity contribution in [1.82, 2.24) is 9.29 Å². The number of hydrogen-bond acceptors (Lipinski definition) is 3. The average Bonchev–Trinajstić information content (AvgIpc) is 2.56. The molecule has 2 heterocycles. The zero-order valence-corrected chi connectivity index (χ0v) is 14.7. The molecule has 24 heavy (non-hydrogen) atoms. The van der Waals surface area contributed by atoms with Crippen LogP contribution in [0.1, 0.15) is 29.8 Å². The second kappa shape index (κ2) is 7.28. The smallest absolute Gasteiger partial charge is 0.218 e. The molecule has 0 aliphatic carbocycles. The van der Waals surface area contributed by atoms with Crippen molar-refractivity contribution in [3.8, 4) is 0 Å². The van der Waals surface area contributed by atoms with E-state index < -0.39 is 10.0 Å². The summed E-state index contributed by atoms with van der Waals surface area (Å²) in [4.78, 5) is 4.48. The van der Waals surface area contributed by atoms with Gasteiger partial charge in [-0.1, -0.05) is 42.0 Å². The van der Waals surface area contributed by atoms with Crippen LogP contribution in [0.15, 0.2) is 54.1 Å². The molecule has 3 rings (SSSR count). The summed E-state index contributed by atoms with van der Waals surface area (Å²) in [5.74, 6) is 0.0757. The number of sulfonamides is 1. The van der Waals surface area contributed by atoms with Gasteiger partial charge >= 0.3 is 0 Å². The molecule has 0 amide bonds. The van der Waals surface area contributed by atoms with Gasteiger partial charge in [0.25, 0.3) is 0 Å². The molecule has 1 aromatic carbocycles. The zero-order chi connectivity index (χ0) is 17.0. The van der Waals surface area contributed by atoms with Gasteiger partial charge in [0.1, 0.15) is 0 Å². The number of benzene rings is 1. The van der Waals surface area contributed by atoms with Gasteiger partial charge in [-0.3, -0.25) is 4.98 Å². The molecule has 1 aliphatic heterocycles. The largest absolute Gasteiger partial charge is 0.254 e.